The van der Waals surface area contributed by atoms with Crippen molar-refractivity contribution in [1.29, 1.82) is 0 Å². The lowest BCUT2D eigenvalue weighted by molar-refractivity contribution is 0.0759. The van der Waals surface area contributed by atoms with Gasteiger partial charge in [-0.1, -0.05) is 13.8 Å². The van der Waals surface area contributed by atoms with Crippen molar-refractivity contribution in [3.63, 3.8) is 0 Å². The molecule has 27 heavy (non-hydrogen) atoms. The molecule has 6 nitrogen and oxygen atoms in total. The average Bonchev–Trinajstić information content (AvgIpc) is 2.79. The van der Waals surface area contributed by atoms with Crippen LogP contribution in [0.25, 0.3) is 0 Å². The molecule has 2 atom stereocenters. The first-order valence-corrected chi connectivity index (χ1v) is 11.3. The quantitative estimate of drug-likeness (QED) is 0.770. The molecule has 2 saturated heterocycles. The summed E-state index contributed by atoms with van der Waals surface area (Å²) in [6, 6.07) is 7.07. The molecule has 2 heterocycles. The van der Waals surface area contributed by atoms with E-state index in [2.05, 4.69) is 13.8 Å². The number of hydrogen-bond acceptors (Lipinski definition) is 4. The van der Waals surface area contributed by atoms with Crippen molar-refractivity contribution in [2.24, 2.45) is 11.8 Å². The van der Waals surface area contributed by atoms with E-state index >= 15 is 0 Å². The van der Waals surface area contributed by atoms with Gasteiger partial charge in [0, 0.05) is 31.7 Å². The number of methoxy groups -OCH3 is 1. The normalized spacial score (nSPS) is 25.3. The summed E-state index contributed by atoms with van der Waals surface area (Å²) in [5.41, 5.74) is 0.615. The molecule has 0 saturated carbocycles. The van der Waals surface area contributed by atoms with Gasteiger partial charge in [0.1, 0.15) is 5.75 Å². The van der Waals surface area contributed by atoms with Gasteiger partial charge in [-0.05, 0) is 55.4 Å². The topological polar surface area (TPSA) is 66.9 Å². The molecule has 0 N–H and O–H groups in total. The summed E-state index contributed by atoms with van der Waals surface area (Å²) >= 11 is 0. The van der Waals surface area contributed by atoms with Crippen LogP contribution in [0.15, 0.2) is 24.3 Å². The highest BCUT2D eigenvalue weighted by Crippen LogP contribution is 2.35. The molecule has 1 amide bonds. The predicted octanol–water partition coefficient (Wildman–Crippen LogP) is 2.61. The van der Waals surface area contributed by atoms with Crippen LogP contribution in [0, 0.1) is 11.8 Å². The van der Waals surface area contributed by atoms with Gasteiger partial charge in [-0.2, -0.15) is 0 Å². The highest BCUT2D eigenvalue weighted by atomic mass is 32.2. The van der Waals surface area contributed by atoms with Gasteiger partial charge in [-0.25, -0.2) is 12.7 Å². The Morgan fingerprint density at radius 2 is 1.85 bits per heavy atom. The molecule has 0 aliphatic carbocycles. The largest absolute Gasteiger partial charge is 0.497 e. The molecule has 2 aliphatic rings. The third kappa shape index (κ3) is 4.29. The predicted molar refractivity (Wildman–Crippen MR) is 105 cm³/mol. The van der Waals surface area contributed by atoms with Crippen LogP contribution < -0.4 is 4.74 Å². The number of ether oxygens (including phenoxy) is 1. The fourth-order valence-corrected chi connectivity index (χ4v) is 6.29. The summed E-state index contributed by atoms with van der Waals surface area (Å²) in [5, 5.41) is -0.349. The zero-order valence-electron chi connectivity index (χ0n) is 16.4. The Hall–Kier alpha value is -1.60. The molecule has 0 radical (unpaired) electrons. The van der Waals surface area contributed by atoms with E-state index in [1.807, 2.05) is 0 Å². The van der Waals surface area contributed by atoms with E-state index in [1.54, 1.807) is 40.6 Å². The van der Waals surface area contributed by atoms with E-state index in [9.17, 15) is 13.2 Å². The maximum absolute atomic E-state index is 12.9. The fraction of sp³-hybridized carbons (Fsp3) is 0.650. The summed E-state index contributed by atoms with van der Waals surface area (Å²) in [6.07, 6.45) is 2.15. The van der Waals surface area contributed by atoms with Crippen LogP contribution in [0.4, 0.5) is 0 Å². The maximum Gasteiger partial charge on any atom is 0.253 e. The van der Waals surface area contributed by atoms with Crippen molar-refractivity contribution in [3.05, 3.63) is 29.8 Å². The first-order chi connectivity index (χ1) is 12.8. The van der Waals surface area contributed by atoms with Gasteiger partial charge in [0.25, 0.3) is 5.91 Å². The first kappa shape index (κ1) is 20.1. The summed E-state index contributed by atoms with van der Waals surface area (Å²) in [6.45, 7) is 6.54. The average molecular weight is 395 g/mol. The van der Waals surface area contributed by atoms with Crippen molar-refractivity contribution >= 4 is 15.9 Å². The summed E-state index contributed by atoms with van der Waals surface area (Å²) < 4.78 is 32.7. The molecule has 150 valence electrons. The van der Waals surface area contributed by atoms with Crippen LogP contribution in [0.2, 0.25) is 0 Å². The van der Waals surface area contributed by atoms with Crippen LogP contribution in [0.1, 0.15) is 43.5 Å². The van der Waals surface area contributed by atoms with E-state index in [1.165, 1.54) is 0 Å². The lowest BCUT2D eigenvalue weighted by atomic mass is 10.0. The Balaban J connectivity index is 1.66. The summed E-state index contributed by atoms with van der Waals surface area (Å²) in [4.78, 5) is 14.6. The molecule has 2 aliphatic heterocycles. The Morgan fingerprint density at radius 3 is 2.48 bits per heavy atom. The molecule has 2 fully saturated rings. The molecule has 3 rings (SSSR count). The van der Waals surface area contributed by atoms with E-state index in [0.29, 0.717) is 49.8 Å². The number of carbonyl (C=O) groups excluding carboxylic acids is 1. The van der Waals surface area contributed by atoms with Gasteiger partial charge in [0.05, 0.1) is 12.4 Å². The Morgan fingerprint density at radius 1 is 1.19 bits per heavy atom. The molecule has 0 bridgehead atoms. The number of benzene rings is 1. The minimum absolute atomic E-state index is 0.0355. The first-order valence-electron chi connectivity index (χ1n) is 9.75. The number of carbonyl (C=O) groups is 1. The summed E-state index contributed by atoms with van der Waals surface area (Å²) in [5.74, 6) is 1.29. The third-order valence-electron chi connectivity index (χ3n) is 5.74. The minimum atomic E-state index is -3.25. The molecule has 0 unspecified atom stereocenters. The number of nitrogens with zero attached hydrogens (tertiary/aromatic N) is 2. The van der Waals surface area contributed by atoms with Crippen LogP contribution in [0.5, 0.6) is 5.75 Å². The second-order valence-electron chi connectivity index (χ2n) is 7.98. The number of fused-ring (bicyclic) bond motifs is 1. The highest BCUT2D eigenvalue weighted by molar-refractivity contribution is 7.90. The fourth-order valence-electron chi connectivity index (χ4n) is 4.04. The van der Waals surface area contributed by atoms with Crippen molar-refractivity contribution in [1.82, 2.24) is 9.21 Å². The van der Waals surface area contributed by atoms with E-state index in [4.69, 9.17) is 4.74 Å². The van der Waals surface area contributed by atoms with Gasteiger partial charge in [-0.15, -0.1) is 0 Å². The van der Waals surface area contributed by atoms with Crippen molar-refractivity contribution < 1.29 is 17.9 Å². The Kier molecular flexibility index (Phi) is 6.11. The lowest BCUT2D eigenvalue weighted by Gasteiger charge is -2.22. The number of rotatable bonds is 5. The number of amides is 1. The minimum Gasteiger partial charge on any atom is -0.497 e. The van der Waals surface area contributed by atoms with Crippen LogP contribution in [-0.2, 0) is 10.0 Å². The van der Waals surface area contributed by atoms with Gasteiger partial charge < -0.3 is 9.64 Å². The number of sulfonamides is 1. The van der Waals surface area contributed by atoms with Gasteiger partial charge in [0.2, 0.25) is 10.0 Å². The van der Waals surface area contributed by atoms with E-state index in [0.717, 1.165) is 12.8 Å². The Bertz CT molecular complexity index is 761. The SMILES string of the molecule is COc1ccc(C(=O)N2CC[C@@H]3CN(CCC(C)C)S(=O)(=O)[C@@H]3CC2)cc1. The smallest absolute Gasteiger partial charge is 0.253 e. The number of hydrogen-bond donors (Lipinski definition) is 0. The standard InChI is InChI=1S/C20H30N2O4S/c1-15(2)8-13-22-14-17-9-11-21(12-10-19(17)27(22,24)25)20(23)16-4-6-18(26-3)7-5-16/h4-7,15,17,19H,8-14H2,1-3H3/t17-,19-/m1/s1. The van der Waals surface area contributed by atoms with E-state index in [-0.39, 0.29) is 17.1 Å². The zero-order chi connectivity index (χ0) is 19.6. The lowest BCUT2D eigenvalue weighted by Crippen LogP contribution is -2.35. The zero-order valence-corrected chi connectivity index (χ0v) is 17.2. The van der Waals surface area contributed by atoms with Gasteiger partial charge in [-0.3, -0.25) is 4.79 Å². The van der Waals surface area contributed by atoms with E-state index < -0.39 is 10.0 Å². The highest BCUT2D eigenvalue weighted by Gasteiger charge is 2.46. The molecule has 0 aromatic heterocycles. The van der Waals surface area contributed by atoms with Gasteiger partial charge >= 0.3 is 0 Å². The summed E-state index contributed by atoms with van der Waals surface area (Å²) in [7, 11) is -1.66. The van der Waals surface area contributed by atoms with Crippen molar-refractivity contribution in [2.75, 3.05) is 33.3 Å². The molecular formula is C20H30N2O4S. The Labute approximate surface area is 162 Å². The van der Waals surface area contributed by atoms with Crippen LogP contribution in [-0.4, -0.2) is 62.1 Å². The second kappa shape index (κ2) is 8.19. The number of likely N-dealkylation sites (tertiary alicyclic amines) is 1. The monoisotopic (exact) mass is 394 g/mol. The molecule has 1 aromatic rings. The van der Waals surface area contributed by atoms with Gasteiger partial charge in [0.15, 0.2) is 0 Å². The molecule has 7 heteroatoms. The molecular weight excluding hydrogens is 364 g/mol. The molecule has 0 spiro atoms. The van der Waals surface area contributed by atoms with Crippen molar-refractivity contribution in [3.8, 4) is 5.75 Å². The maximum atomic E-state index is 12.9. The van der Waals surface area contributed by atoms with Crippen molar-refractivity contribution in [2.45, 2.75) is 38.4 Å². The second-order valence-corrected chi connectivity index (χ2v) is 10.1. The van der Waals surface area contributed by atoms with Crippen LogP contribution >= 0.6 is 0 Å². The molecule has 1 aromatic carbocycles. The van der Waals surface area contributed by atoms with Crippen LogP contribution in [0.3, 0.4) is 0 Å². The third-order valence-corrected chi connectivity index (χ3v) is 8.18.